The first-order chi connectivity index (χ1) is 11.1. The number of likely N-dealkylation sites (tertiary alicyclic amines) is 1. The number of thiazole rings is 1. The smallest absolute Gasteiger partial charge is 0.191 e. The minimum atomic E-state index is 0.646. The summed E-state index contributed by atoms with van der Waals surface area (Å²) in [6.45, 7) is 10.9. The van der Waals surface area contributed by atoms with E-state index in [1.807, 2.05) is 13.2 Å². The topological polar surface area (TPSA) is 52.6 Å². The lowest BCUT2D eigenvalue weighted by molar-refractivity contribution is 0.141. The van der Waals surface area contributed by atoms with Crippen LogP contribution in [0, 0.1) is 5.92 Å². The van der Waals surface area contributed by atoms with Crippen LogP contribution < -0.4 is 10.6 Å². The van der Waals surface area contributed by atoms with E-state index in [0.717, 1.165) is 30.5 Å². The van der Waals surface area contributed by atoms with E-state index in [1.54, 1.807) is 11.3 Å². The molecular formula is C17H31N5S. The molecule has 1 aliphatic rings. The molecule has 1 unspecified atom stereocenters. The minimum absolute atomic E-state index is 0.646. The van der Waals surface area contributed by atoms with Gasteiger partial charge in [-0.25, -0.2) is 4.98 Å². The zero-order valence-electron chi connectivity index (χ0n) is 14.9. The Balaban J connectivity index is 1.74. The quantitative estimate of drug-likeness (QED) is 0.618. The molecule has 0 saturated carbocycles. The van der Waals surface area contributed by atoms with E-state index in [0.29, 0.717) is 12.0 Å². The van der Waals surface area contributed by atoms with Gasteiger partial charge in [0, 0.05) is 37.3 Å². The normalized spacial score (nSPS) is 20.0. The zero-order valence-corrected chi connectivity index (χ0v) is 15.7. The summed E-state index contributed by atoms with van der Waals surface area (Å²) < 4.78 is 0. The highest BCUT2D eigenvalue weighted by atomic mass is 32.1. The van der Waals surface area contributed by atoms with Crippen molar-refractivity contribution in [3.05, 3.63) is 16.1 Å². The van der Waals surface area contributed by atoms with Gasteiger partial charge in [-0.2, -0.15) is 0 Å². The number of guanidine groups is 1. The molecule has 0 aliphatic carbocycles. The van der Waals surface area contributed by atoms with Crippen LogP contribution in [0.15, 0.2) is 11.2 Å². The fourth-order valence-corrected chi connectivity index (χ4v) is 3.75. The SMILES string of the molecule is CCc1cnc(CNC(=NC)NCC2CCCN(C(C)C)C2)s1. The third kappa shape index (κ3) is 5.77. The van der Waals surface area contributed by atoms with Crippen LogP contribution in [0.2, 0.25) is 0 Å². The number of hydrogen-bond donors (Lipinski definition) is 2. The maximum absolute atomic E-state index is 4.44. The number of hydrogen-bond acceptors (Lipinski definition) is 4. The highest BCUT2D eigenvalue weighted by Crippen LogP contribution is 2.17. The van der Waals surface area contributed by atoms with Crippen LogP contribution in [-0.4, -0.2) is 48.6 Å². The maximum Gasteiger partial charge on any atom is 0.191 e. The molecule has 0 radical (unpaired) electrons. The summed E-state index contributed by atoms with van der Waals surface area (Å²) in [5.74, 6) is 1.58. The first kappa shape index (κ1) is 18.2. The molecule has 5 nitrogen and oxygen atoms in total. The van der Waals surface area contributed by atoms with E-state index in [-0.39, 0.29) is 0 Å². The van der Waals surface area contributed by atoms with Gasteiger partial charge in [0.25, 0.3) is 0 Å². The molecule has 0 aromatic carbocycles. The Morgan fingerprint density at radius 3 is 2.96 bits per heavy atom. The standard InChI is InChI=1S/C17H31N5S/c1-5-15-10-19-16(23-15)11-21-17(18-4)20-9-14-7-6-8-22(12-14)13(2)3/h10,13-14H,5-9,11-12H2,1-4H3,(H2,18,20,21). The number of nitrogens with one attached hydrogen (secondary N) is 2. The third-order valence-corrected chi connectivity index (χ3v) is 5.56. The number of rotatable bonds is 6. The van der Waals surface area contributed by atoms with Crippen LogP contribution in [0.25, 0.3) is 0 Å². The van der Waals surface area contributed by atoms with Gasteiger partial charge in [0.05, 0.1) is 6.54 Å². The van der Waals surface area contributed by atoms with Gasteiger partial charge < -0.3 is 15.5 Å². The summed E-state index contributed by atoms with van der Waals surface area (Å²) in [6, 6.07) is 0.646. The van der Waals surface area contributed by atoms with Crippen molar-refractivity contribution in [1.29, 1.82) is 0 Å². The van der Waals surface area contributed by atoms with Gasteiger partial charge in [-0.3, -0.25) is 4.99 Å². The number of aryl methyl sites for hydroxylation is 1. The van der Waals surface area contributed by atoms with Crippen LogP contribution in [0.4, 0.5) is 0 Å². The van der Waals surface area contributed by atoms with E-state index in [1.165, 1.54) is 30.8 Å². The molecule has 0 bridgehead atoms. The van der Waals surface area contributed by atoms with E-state index >= 15 is 0 Å². The van der Waals surface area contributed by atoms with Crippen molar-refractivity contribution in [3.8, 4) is 0 Å². The largest absolute Gasteiger partial charge is 0.356 e. The molecule has 1 fully saturated rings. The maximum atomic E-state index is 4.44. The molecule has 130 valence electrons. The molecule has 1 atom stereocenters. The number of nitrogens with zero attached hydrogens (tertiary/aromatic N) is 3. The molecule has 1 aromatic heterocycles. The third-order valence-electron chi connectivity index (χ3n) is 4.42. The molecule has 0 spiro atoms. The minimum Gasteiger partial charge on any atom is -0.356 e. The Kier molecular flexibility index (Phi) is 7.30. The number of piperidine rings is 1. The average molecular weight is 338 g/mol. The monoisotopic (exact) mass is 337 g/mol. The molecule has 0 amide bonds. The Labute approximate surface area is 144 Å². The molecule has 1 aromatic rings. The summed E-state index contributed by atoms with van der Waals surface area (Å²) >= 11 is 1.77. The first-order valence-electron chi connectivity index (χ1n) is 8.74. The van der Waals surface area contributed by atoms with Gasteiger partial charge >= 0.3 is 0 Å². The van der Waals surface area contributed by atoms with Crippen molar-refractivity contribution >= 4 is 17.3 Å². The zero-order chi connectivity index (χ0) is 16.7. The van der Waals surface area contributed by atoms with Gasteiger partial charge in [0.15, 0.2) is 5.96 Å². The molecule has 1 aliphatic heterocycles. The summed E-state index contributed by atoms with van der Waals surface area (Å²) in [4.78, 5) is 12.7. The second-order valence-electron chi connectivity index (χ2n) is 6.48. The van der Waals surface area contributed by atoms with Crippen molar-refractivity contribution in [1.82, 2.24) is 20.5 Å². The van der Waals surface area contributed by atoms with E-state index < -0.39 is 0 Å². The Morgan fingerprint density at radius 1 is 1.48 bits per heavy atom. The molecule has 6 heteroatoms. The van der Waals surface area contributed by atoms with Crippen LogP contribution in [0.1, 0.15) is 43.5 Å². The van der Waals surface area contributed by atoms with E-state index in [9.17, 15) is 0 Å². The van der Waals surface area contributed by atoms with Gasteiger partial charge in [0.1, 0.15) is 5.01 Å². The predicted octanol–water partition coefficient (Wildman–Crippen LogP) is 2.49. The van der Waals surface area contributed by atoms with E-state index in [2.05, 4.69) is 46.3 Å². The summed E-state index contributed by atoms with van der Waals surface area (Å²) in [7, 11) is 1.83. The lowest BCUT2D eigenvalue weighted by atomic mass is 9.97. The lowest BCUT2D eigenvalue weighted by Gasteiger charge is -2.35. The summed E-state index contributed by atoms with van der Waals surface area (Å²) in [5, 5.41) is 7.97. The fourth-order valence-electron chi connectivity index (χ4n) is 2.95. The summed E-state index contributed by atoms with van der Waals surface area (Å²) in [5.41, 5.74) is 0. The molecule has 2 N–H and O–H groups in total. The Hall–Kier alpha value is -1.14. The fraction of sp³-hybridized carbons (Fsp3) is 0.765. The van der Waals surface area contributed by atoms with Crippen LogP contribution in [-0.2, 0) is 13.0 Å². The second kappa shape index (κ2) is 9.23. The van der Waals surface area contributed by atoms with Crippen LogP contribution in [0.3, 0.4) is 0 Å². The van der Waals surface area contributed by atoms with Gasteiger partial charge in [0.2, 0.25) is 0 Å². The average Bonchev–Trinajstić information content (AvgIpc) is 3.03. The number of aliphatic imine (C=N–C) groups is 1. The van der Waals surface area contributed by atoms with Crippen molar-refractivity contribution < 1.29 is 0 Å². The number of aromatic nitrogens is 1. The second-order valence-corrected chi connectivity index (χ2v) is 7.68. The van der Waals surface area contributed by atoms with Gasteiger partial charge in [-0.15, -0.1) is 11.3 Å². The van der Waals surface area contributed by atoms with Gasteiger partial charge in [-0.05, 0) is 45.6 Å². The van der Waals surface area contributed by atoms with E-state index in [4.69, 9.17) is 0 Å². The van der Waals surface area contributed by atoms with Crippen molar-refractivity contribution in [3.63, 3.8) is 0 Å². The Bertz CT molecular complexity index is 497. The highest BCUT2D eigenvalue weighted by molar-refractivity contribution is 7.11. The highest BCUT2D eigenvalue weighted by Gasteiger charge is 2.21. The van der Waals surface area contributed by atoms with Crippen molar-refractivity contribution in [2.75, 3.05) is 26.7 Å². The molecule has 23 heavy (non-hydrogen) atoms. The molecule has 2 rings (SSSR count). The molecule has 1 saturated heterocycles. The van der Waals surface area contributed by atoms with Crippen LogP contribution >= 0.6 is 11.3 Å². The molecule has 2 heterocycles. The lowest BCUT2D eigenvalue weighted by Crippen LogP contribution is -2.45. The first-order valence-corrected chi connectivity index (χ1v) is 9.56. The van der Waals surface area contributed by atoms with Crippen molar-refractivity contribution in [2.24, 2.45) is 10.9 Å². The predicted molar refractivity (Wildman–Crippen MR) is 99.1 cm³/mol. The summed E-state index contributed by atoms with van der Waals surface area (Å²) in [6.07, 6.45) is 5.63. The van der Waals surface area contributed by atoms with Gasteiger partial charge in [-0.1, -0.05) is 6.92 Å². The Morgan fingerprint density at radius 2 is 2.30 bits per heavy atom. The molecular weight excluding hydrogens is 306 g/mol. The van der Waals surface area contributed by atoms with Crippen molar-refractivity contribution in [2.45, 2.75) is 52.6 Å². The van der Waals surface area contributed by atoms with Crippen LogP contribution in [0.5, 0.6) is 0 Å².